The van der Waals surface area contributed by atoms with Gasteiger partial charge in [0.05, 0.1) is 21.9 Å². The first-order valence-corrected chi connectivity index (χ1v) is 11.2. The number of carbonyl (C=O) groups excluding carboxylic acids is 2. The Morgan fingerprint density at radius 2 is 2.19 bits per heavy atom. The van der Waals surface area contributed by atoms with E-state index in [1.54, 1.807) is 18.2 Å². The third kappa shape index (κ3) is 5.19. The minimum Gasteiger partial charge on any atom is -0.420 e. The van der Waals surface area contributed by atoms with Crippen LogP contribution < -0.4 is 10.6 Å². The zero-order chi connectivity index (χ0) is 22.0. The second-order valence-corrected chi connectivity index (χ2v) is 9.53. The Balaban J connectivity index is 1.44. The third-order valence-corrected chi connectivity index (χ3v) is 6.64. The number of ether oxygens (including phenoxy) is 2. The lowest BCUT2D eigenvalue weighted by Gasteiger charge is -2.28. The first-order valence-electron chi connectivity index (χ1n) is 9.99. The second kappa shape index (κ2) is 9.13. The maximum absolute atomic E-state index is 12.6. The highest BCUT2D eigenvalue weighted by molar-refractivity contribution is 7.18. The van der Waals surface area contributed by atoms with Gasteiger partial charge < -0.3 is 24.8 Å². The highest BCUT2D eigenvalue weighted by Crippen LogP contribution is 2.28. The van der Waals surface area contributed by atoms with Crippen LogP contribution >= 0.6 is 22.9 Å². The maximum Gasteiger partial charge on any atom is 0.413 e. The molecule has 1 aromatic heterocycles. The van der Waals surface area contributed by atoms with Crippen molar-refractivity contribution in [2.75, 3.05) is 38.7 Å². The molecule has 0 spiro atoms. The summed E-state index contributed by atoms with van der Waals surface area (Å²) in [6.07, 6.45) is -0.150. The van der Waals surface area contributed by atoms with Gasteiger partial charge in [-0.05, 0) is 48.9 Å². The van der Waals surface area contributed by atoms with Crippen LogP contribution in [-0.2, 0) is 15.9 Å². The Bertz CT molecular complexity index is 976. The first-order chi connectivity index (χ1) is 14.8. The number of amides is 2. The maximum atomic E-state index is 12.6. The summed E-state index contributed by atoms with van der Waals surface area (Å²) in [7, 11) is 1.97. The largest absolute Gasteiger partial charge is 0.420 e. The number of β-amino-alcohol motifs (C(OH)–C–C–N with tert-alkyl or cyclic N) is 1. The van der Waals surface area contributed by atoms with E-state index in [4.69, 9.17) is 21.1 Å². The van der Waals surface area contributed by atoms with Gasteiger partial charge in [-0.2, -0.15) is 0 Å². The molecule has 2 unspecified atom stereocenters. The molecule has 2 amide bonds. The van der Waals surface area contributed by atoms with Gasteiger partial charge in [0.15, 0.2) is 0 Å². The van der Waals surface area contributed by atoms with E-state index in [0.717, 1.165) is 35.4 Å². The normalized spacial score (nSPS) is 23.6. The van der Waals surface area contributed by atoms with Gasteiger partial charge in [0.2, 0.25) is 5.72 Å². The molecular weight excluding hydrogens is 442 g/mol. The lowest BCUT2D eigenvalue weighted by Crippen LogP contribution is -2.52. The number of benzene rings is 1. The van der Waals surface area contributed by atoms with Crippen molar-refractivity contribution in [1.82, 2.24) is 10.2 Å². The Morgan fingerprint density at radius 3 is 2.90 bits per heavy atom. The molecule has 1 saturated heterocycles. The average molecular weight is 466 g/mol. The number of thiophene rings is 1. The van der Waals surface area contributed by atoms with E-state index in [0.29, 0.717) is 34.5 Å². The van der Waals surface area contributed by atoms with Crippen molar-refractivity contribution in [2.45, 2.75) is 24.7 Å². The summed E-state index contributed by atoms with van der Waals surface area (Å²) >= 11 is 7.06. The van der Waals surface area contributed by atoms with Crippen molar-refractivity contribution in [1.29, 1.82) is 0 Å². The van der Waals surface area contributed by atoms with Crippen LogP contribution in [0.15, 0.2) is 30.3 Å². The predicted octanol–water partition coefficient (Wildman–Crippen LogP) is 3.02. The van der Waals surface area contributed by atoms with Crippen molar-refractivity contribution >= 4 is 40.6 Å². The van der Waals surface area contributed by atoms with Crippen molar-refractivity contribution < 1.29 is 24.2 Å². The molecular formula is C21H24ClN3O5S. The highest BCUT2D eigenvalue weighted by Gasteiger charge is 2.41. The summed E-state index contributed by atoms with van der Waals surface area (Å²) < 4.78 is 11.5. The van der Waals surface area contributed by atoms with E-state index in [1.807, 2.05) is 19.2 Å². The van der Waals surface area contributed by atoms with Crippen LogP contribution in [0.4, 0.5) is 10.5 Å². The quantitative estimate of drug-likeness (QED) is 0.600. The second-order valence-electron chi connectivity index (χ2n) is 7.81. The van der Waals surface area contributed by atoms with E-state index >= 15 is 0 Å². The van der Waals surface area contributed by atoms with E-state index < -0.39 is 17.9 Å². The van der Waals surface area contributed by atoms with Gasteiger partial charge in [0, 0.05) is 25.2 Å². The number of halogens is 1. The third-order valence-electron chi connectivity index (χ3n) is 5.41. The molecule has 3 heterocycles. The molecule has 166 valence electrons. The molecule has 2 atom stereocenters. The van der Waals surface area contributed by atoms with Gasteiger partial charge >= 0.3 is 6.09 Å². The van der Waals surface area contributed by atoms with Crippen molar-refractivity contribution in [3.05, 3.63) is 50.7 Å². The minimum atomic E-state index is -1.25. The number of carbonyl (C=O) groups is 2. The molecule has 2 aliphatic heterocycles. The predicted molar refractivity (Wildman–Crippen MR) is 118 cm³/mol. The average Bonchev–Trinajstić information content (AvgIpc) is 3.32. The molecule has 2 aliphatic rings. The number of likely N-dealkylation sites (N-methyl/N-ethyl adjacent to an activating group) is 1. The Kier molecular flexibility index (Phi) is 6.49. The summed E-state index contributed by atoms with van der Waals surface area (Å²) in [5.41, 5.74) is 1.16. The van der Waals surface area contributed by atoms with Crippen LogP contribution in [0.1, 0.15) is 33.3 Å². The minimum absolute atomic E-state index is 0.0635. The molecule has 1 aromatic carbocycles. The lowest BCUT2D eigenvalue weighted by molar-refractivity contribution is -0.0113. The van der Waals surface area contributed by atoms with Crippen molar-refractivity contribution in [3.8, 4) is 0 Å². The smallest absolute Gasteiger partial charge is 0.413 e. The van der Waals surface area contributed by atoms with Crippen LogP contribution in [-0.4, -0.2) is 61.1 Å². The number of hydrogen-bond acceptors (Lipinski definition) is 7. The molecule has 8 nitrogen and oxygen atoms in total. The van der Waals surface area contributed by atoms with E-state index in [9.17, 15) is 14.7 Å². The van der Waals surface area contributed by atoms with Crippen LogP contribution in [0.2, 0.25) is 4.34 Å². The van der Waals surface area contributed by atoms with Gasteiger partial charge in [0.1, 0.15) is 6.61 Å². The highest BCUT2D eigenvalue weighted by atomic mass is 35.5. The number of aliphatic hydroxyl groups is 1. The van der Waals surface area contributed by atoms with E-state index in [-0.39, 0.29) is 12.5 Å². The van der Waals surface area contributed by atoms with Crippen LogP contribution in [0.5, 0.6) is 0 Å². The molecule has 4 rings (SSSR count). The number of nitrogens with zero attached hydrogens (tertiary/aromatic N) is 1. The van der Waals surface area contributed by atoms with E-state index in [1.165, 1.54) is 0 Å². The Hall–Kier alpha value is -2.17. The molecule has 3 N–H and O–H groups in total. The van der Waals surface area contributed by atoms with Crippen LogP contribution in [0.25, 0.3) is 0 Å². The van der Waals surface area contributed by atoms with Gasteiger partial charge in [-0.3, -0.25) is 10.1 Å². The van der Waals surface area contributed by atoms with Gasteiger partial charge in [-0.15, -0.1) is 11.3 Å². The fourth-order valence-corrected chi connectivity index (χ4v) is 4.74. The molecule has 0 radical (unpaired) electrons. The number of anilines is 1. The number of aliphatic hydroxyl groups excluding tert-OH is 1. The number of rotatable bonds is 4. The summed E-state index contributed by atoms with van der Waals surface area (Å²) in [6, 6.07) is 8.67. The molecule has 31 heavy (non-hydrogen) atoms. The van der Waals surface area contributed by atoms with Crippen molar-refractivity contribution in [3.63, 3.8) is 0 Å². The topological polar surface area (TPSA) is 100 Å². The standard InChI is InChI=1S/C21H24ClN3O5S/c1-25-8-6-13-10-14(2-3-15(13)16(26)11-25)23-20(28)30-21(7-9-29-12-21)24-19(27)17-4-5-18(22)31-17/h2-5,10,16,26H,6-9,11-12H2,1H3,(H,23,28)(H,24,27). The summed E-state index contributed by atoms with van der Waals surface area (Å²) in [5.74, 6) is -0.377. The fourth-order valence-electron chi connectivity index (χ4n) is 3.80. The first kappa shape index (κ1) is 22.0. The van der Waals surface area contributed by atoms with Crippen LogP contribution in [0.3, 0.4) is 0 Å². The number of nitrogens with one attached hydrogen (secondary N) is 2. The van der Waals surface area contributed by atoms with Gasteiger partial charge in [0.25, 0.3) is 5.91 Å². The molecule has 2 aromatic rings. The lowest BCUT2D eigenvalue weighted by atomic mass is 10.0. The molecule has 0 saturated carbocycles. The molecule has 0 bridgehead atoms. The monoisotopic (exact) mass is 465 g/mol. The summed E-state index contributed by atoms with van der Waals surface area (Å²) in [6.45, 7) is 1.81. The molecule has 0 aliphatic carbocycles. The van der Waals surface area contributed by atoms with Crippen molar-refractivity contribution in [2.24, 2.45) is 0 Å². The molecule has 1 fully saturated rings. The van der Waals surface area contributed by atoms with Gasteiger partial charge in [-0.1, -0.05) is 17.7 Å². The van der Waals surface area contributed by atoms with Crippen LogP contribution in [0, 0.1) is 0 Å². The fraction of sp³-hybridized carbons (Fsp3) is 0.429. The number of hydrogen-bond donors (Lipinski definition) is 3. The summed E-state index contributed by atoms with van der Waals surface area (Å²) in [5, 5.41) is 15.9. The molecule has 10 heteroatoms. The summed E-state index contributed by atoms with van der Waals surface area (Å²) in [4.78, 5) is 27.7. The zero-order valence-corrected chi connectivity index (χ0v) is 18.6. The SMILES string of the molecule is CN1CCc2cc(NC(=O)OC3(NC(=O)c4ccc(Cl)s4)CCOC3)ccc2C(O)C1. The Labute approximate surface area is 189 Å². The van der Waals surface area contributed by atoms with E-state index in [2.05, 4.69) is 15.5 Å². The van der Waals surface area contributed by atoms with Gasteiger partial charge in [-0.25, -0.2) is 4.79 Å². The zero-order valence-electron chi connectivity index (χ0n) is 17.0. The number of fused-ring (bicyclic) bond motifs is 1. The Morgan fingerprint density at radius 1 is 1.35 bits per heavy atom.